The lowest BCUT2D eigenvalue weighted by molar-refractivity contribution is -0.121. The topological polar surface area (TPSA) is 49.3 Å². The van der Waals surface area contributed by atoms with Crippen LogP contribution < -0.4 is 4.90 Å². The summed E-state index contributed by atoms with van der Waals surface area (Å²) >= 11 is 0. The molecule has 1 saturated carbocycles. The molecule has 0 radical (unpaired) electrons. The zero-order valence-electron chi connectivity index (χ0n) is 16.1. The highest BCUT2D eigenvalue weighted by Crippen LogP contribution is 2.29. The Morgan fingerprint density at radius 1 is 1.07 bits per heavy atom. The first-order valence-electron chi connectivity index (χ1n) is 10.5. The SMILES string of the molecule is O=CN(CC[C@@H]1CCCN(c2ncnc3ccccc23)C1)C1CCCCC1. The highest BCUT2D eigenvalue weighted by molar-refractivity contribution is 5.89. The second-order valence-electron chi connectivity index (χ2n) is 8.09. The van der Waals surface area contributed by atoms with Gasteiger partial charge in [0.25, 0.3) is 0 Å². The molecule has 27 heavy (non-hydrogen) atoms. The van der Waals surface area contributed by atoms with Gasteiger partial charge in [0.05, 0.1) is 5.52 Å². The maximum atomic E-state index is 11.6. The molecular weight excluding hydrogens is 336 g/mol. The molecule has 2 heterocycles. The molecular formula is C22H30N4O. The first-order chi connectivity index (χ1) is 13.3. The van der Waals surface area contributed by atoms with Crippen LogP contribution in [0.3, 0.4) is 0 Å². The van der Waals surface area contributed by atoms with E-state index in [0.29, 0.717) is 12.0 Å². The van der Waals surface area contributed by atoms with Gasteiger partial charge in [0.1, 0.15) is 12.1 Å². The molecule has 1 aliphatic heterocycles. The Kier molecular flexibility index (Phi) is 5.85. The molecule has 2 aliphatic rings. The van der Waals surface area contributed by atoms with Crippen molar-refractivity contribution in [1.82, 2.24) is 14.9 Å². The lowest BCUT2D eigenvalue weighted by Crippen LogP contribution is -2.40. The zero-order chi connectivity index (χ0) is 18.5. The number of piperidine rings is 1. The number of rotatable bonds is 6. The van der Waals surface area contributed by atoms with Crippen molar-refractivity contribution in [2.45, 2.75) is 57.4 Å². The number of carbonyl (C=O) groups is 1. The summed E-state index contributed by atoms with van der Waals surface area (Å²) in [6.45, 7) is 2.98. The fourth-order valence-corrected chi connectivity index (χ4v) is 4.80. The fraction of sp³-hybridized carbons (Fsp3) is 0.591. The second-order valence-corrected chi connectivity index (χ2v) is 8.09. The first-order valence-corrected chi connectivity index (χ1v) is 10.5. The van der Waals surface area contributed by atoms with Crippen molar-refractivity contribution in [2.75, 3.05) is 24.5 Å². The van der Waals surface area contributed by atoms with Gasteiger partial charge in [-0.3, -0.25) is 4.79 Å². The molecule has 0 N–H and O–H groups in total. The third kappa shape index (κ3) is 4.23. The van der Waals surface area contributed by atoms with Crippen molar-refractivity contribution in [1.29, 1.82) is 0 Å². The van der Waals surface area contributed by atoms with Crippen LogP contribution >= 0.6 is 0 Å². The van der Waals surface area contributed by atoms with Gasteiger partial charge in [0.2, 0.25) is 6.41 Å². The number of hydrogen-bond acceptors (Lipinski definition) is 4. The number of amides is 1. The van der Waals surface area contributed by atoms with E-state index in [2.05, 4.69) is 31.9 Å². The predicted octanol–water partition coefficient (Wildman–Crippen LogP) is 4.03. The van der Waals surface area contributed by atoms with Gasteiger partial charge in [-0.1, -0.05) is 31.4 Å². The summed E-state index contributed by atoms with van der Waals surface area (Å²) < 4.78 is 0. The van der Waals surface area contributed by atoms with E-state index in [4.69, 9.17) is 0 Å². The minimum atomic E-state index is 0.474. The Balaban J connectivity index is 1.39. The van der Waals surface area contributed by atoms with Gasteiger partial charge in [0.15, 0.2) is 0 Å². The average Bonchev–Trinajstić information content (AvgIpc) is 2.75. The van der Waals surface area contributed by atoms with Gasteiger partial charge in [-0.05, 0) is 50.2 Å². The number of nitrogens with zero attached hydrogens (tertiary/aromatic N) is 4. The fourth-order valence-electron chi connectivity index (χ4n) is 4.80. The highest BCUT2D eigenvalue weighted by atomic mass is 16.1. The lowest BCUT2D eigenvalue weighted by Gasteiger charge is -2.36. The third-order valence-electron chi connectivity index (χ3n) is 6.31. The summed E-state index contributed by atoms with van der Waals surface area (Å²) in [5.74, 6) is 1.68. The van der Waals surface area contributed by atoms with Gasteiger partial charge < -0.3 is 9.80 Å². The first kappa shape index (κ1) is 18.2. The second kappa shape index (κ2) is 8.68. The van der Waals surface area contributed by atoms with E-state index in [0.717, 1.165) is 49.2 Å². The van der Waals surface area contributed by atoms with Crippen LogP contribution in [-0.4, -0.2) is 47.0 Å². The smallest absolute Gasteiger partial charge is 0.209 e. The van der Waals surface area contributed by atoms with E-state index in [9.17, 15) is 4.79 Å². The van der Waals surface area contributed by atoms with Crippen LogP contribution in [0.2, 0.25) is 0 Å². The van der Waals surface area contributed by atoms with Gasteiger partial charge in [0, 0.05) is 31.1 Å². The van der Waals surface area contributed by atoms with E-state index >= 15 is 0 Å². The summed E-state index contributed by atoms with van der Waals surface area (Å²) in [7, 11) is 0. The molecule has 1 aliphatic carbocycles. The number of anilines is 1. The molecule has 1 aromatic carbocycles. The highest BCUT2D eigenvalue weighted by Gasteiger charge is 2.25. The van der Waals surface area contributed by atoms with Gasteiger partial charge in [-0.2, -0.15) is 0 Å². The number of carbonyl (C=O) groups excluding carboxylic acids is 1. The van der Waals surface area contributed by atoms with Crippen LogP contribution in [0, 0.1) is 5.92 Å². The molecule has 1 aromatic heterocycles. The Bertz CT molecular complexity index is 754. The van der Waals surface area contributed by atoms with Crippen molar-refractivity contribution in [2.24, 2.45) is 5.92 Å². The Morgan fingerprint density at radius 3 is 2.78 bits per heavy atom. The molecule has 5 nitrogen and oxygen atoms in total. The van der Waals surface area contributed by atoms with Crippen molar-refractivity contribution >= 4 is 23.1 Å². The van der Waals surface area contributed by atoms with Crippen molar-refractivity contribution < 1.29 is 4.79 Å². The Morgan fingerprint density at radius 2 is 1.93 bits per heavy atom. The normalized spacial score (nSPS) is 21.3. The number of hydrogen-bond donors (Lipinski definition) is 0. The number of fused-ring (bicyclic) bond motifs is 1. The van der Waals surface area contributed by atoms with E-state index in [1.807, 2.05) is 12.1 Å². The number of para-hydroxylation sites is 1. The molecule has 0 unspecified atom stereocenters. The molecule has 2 aromatic rings. The summed E-state index contributed by atoms with van der Waals surface area (Å²) in [6.07, 6.45) is 12.5. The van der Waals surface area contributed by atoms with E-state index in [1.165, 1.54) is 44.9 Å². The summed E-state index contributed by atoms with van der Waals surface area (Å²) in [4.78, 5) is 25.1. The minimum Gasteiger partial charge on any atom is -0.356 e. The largest absolute Gasteiger partial charge is 0.356 e. The van der Waals surface area contributed by atoms with Crippen LogP contribution in [0.1, 0.15) is 51.4 Å². The average molecular weight is 367 g/mol. The van der Waals surface area contributed by atoms with E-state index in [-0.39, 0.29) is 0 Å². The van der Waals surface area contributed by atoms with Crippen LogP contribution in [0.5, 0.6) is 0 Å². The predicted molar refractivity (Wildman–Crippen MR) is 109 cm³/mol. The summed E-state index contributed by atoms with van der Waals surface area (Å²) in [5.41, 5.74) is 1.01. The van der Waals surface area contributed by atoms with Crippen molar-refractivity contribution in [3.63, 3.8) is 0 Å². The molecule has 5 heteroatoms. The Labute approximate surface area is 161 Å². The van der Waals surface area contributed by atoms with Gasteiger partial charge in [-0.15, -0.1) is 0 Å². The molecule has 144 valence electrons. The summed E-state index contributed by atoms with van der Waals surface area (Å²) in [5, 5.41) is 1.14. The van der Waals surface area contributed by atoms with E-state index < -0.39 is 0 Å². The van der Waals surface area contributed by atoms with Crippen LogP contribution in [0.4, 0.5) is 5.82 Å². The quantitative estimate of drug-likeness (QED) is 0.724. The van der Waals surface area contributed by atoms with Crippen molar-refractivity contribution in [3.8, 4) is 0 Å². The maximum absolute atomic E-state index is 11.6. The third-order valence-corrected chi connectivity index (χ3v) is 6.31. The van der Waals surface area contributed by atoms with Crippen LogP contribution in [-0.2, 0) is 4.79 Å². The molecule has 1 saturated heterocycles. The zero-order valence-corrected chi connectivity index (χ0v) is 16.1. The van der Waals surface area contributed by atoms with Gasteiger partial charge in [-0.25, -0.2) is 9.97 Å². The van der Waals surface area contributed by atoms with E-state index in [1.54, 1.807) is 6.33 Å². The monoisotopic (exact) mass is 366 g/mol. The summed E-state index contributed by atoms with van der Waals surface area (Å²) in [6, 6.07) is 8.72. The molecule has 1 amide bonds. The molecule has 0 spiro atoms. The van der Waals surface area contributed by atoms with Gasteiger partial charge >= 0.3 is 0 Å². The lowest BCUT2D eigenvalue weighted by atomic mass is 9.92. The number of benzene rings is 1. The molecule has 4 rings (SSSR count). The standard InChI is InChI=1S/C22H30N4O/c27-17-26(19-8-2-1-3-9-19)14-12-18-7-6-13-25(15-18)22-20-10-4-5-11-21(20)23-16-24-22/h4-5,10-11,16-19H,1-3,6-9,12-15H2/t18-/m0/s1. The maximum Gasteiger partial charge on any atom is 0.209 e. The molecule has 0 bridgehead atoms. The Hall–Kier alpha value is -2.17. The number of aromatic nitrogens is 2. The molecule has 1 atom stereocenters. The van der Waals surface area contributed by atoms with Crippen LogP contribution in [0.15, 0.2) is 30.6 Å². The minimum absolute atomic E-state index is 0.474. The van der Waals surface area contributed by atoms with Crippen molar-refractivity contribution in [3.05, 3.63) is 30.6 Å². The molecule has 2 fully saturated rings. The van der Waals surface area contributed by atoms with Crippen LogP contribution in [0.25, 0.3) is 10.9 Å².